The molecule has 0 saturated carbocycles. The maximum absolute atomic E-state index is 6.12. The first-order chi connectivity index (χ1) is 7.72. The van der Waals surface area contributed by atoms with Gasteiger partial charge in [0.25, 0.3) is 0 Å². The number of ether oxygens (including phenoxy) is 2. The van der Waals surface area contributed by atoms with Crippen molar-refractivity contribution in [2.75, 3.05) is 19.8 Å². The van der Waals surface area contributed by atoms with Crippen molar-refractivity contribution in [1.29, 1.82) is 0 Å². The zero-order valence-corrected chi connectivity index (χ0v) is 9.88. The Bertz CT molecular complexity index is 375. The molecule has 2 rings (SSSR count). The van der Waals surface area contributed by atoms with Gasteiger partial charge < -0.3 is 9.47 Å². The van der Waals surface area contributed by atoms with Crippen molar-refractivity contribution in [3.8, 4) is 5.75 Å². The van der Waals surface area contributed by atoms with E-state index in [1.54, 1.807) is 0 Å². The Kier molecular flexibility index (Phi) is 3.35. The second-order valence-electron chi connectivity index (χ2n) is 3.80. The van der Waals surface area contributed by atoms with Gasteiger partial charge in [-0.15, -0.1) is 0 Å². The molecule has 5 heteroatoms. The van der Waals surface area contributed by atoms with Gasteiger partial charge in [-0.3, -0.25) is 5.84 Å². The number of benzene rings is 1. The van der Waals surface area contributed by atoms with E-state index < -0.39 is 0 Å². The molecular formula is C11H15ClN2O2. The van der Waals surface area contributed by atoms with Crippen LogP contribution in [0.5, 0.6) is 5.75 Å². The molecule has 1 heterocycles. The average molecular weight is 243 g/mol. The minimum atomic E-state index is -0.297. The molecule has 1 aliphatic heterocycles. The van der Waals surface area contributed by atoms with Crippen LogP contribution >= 0.6 is 11.6 Å². The summed E-state index contributed by atoms with van der Waals surface area (Å²) >= 11 is 6.12. The Hall–Kier alpha value is -0.810. The van der Waals surface area contributed by atoms with Gasteiger partial charge in [0.05, 0.1) is 24.8 Å². The maximum atomic E-state index is 6.12. The summed E-state index contributed by atoms with van der Waals surface area (Å²) in [5, 5.41) is 0.598. The topological polar surface area (TPSA) is 56.5 Å². The first-order valence-corrected chi connectivity index (χ1v) is 5.58. The van der Waals surface area contributed by atoms with Crippen LogP contribution in [-0.4, -0.2) is 19.8 Å². The lowest BCUT2D eigenvalue weighted by molar-refractivity contribution is -0.0787. The van der Waals surface area contributed by atoms with Crippen LogP contribution in [0, 0.1) is 0 Å². The number of nitrogens with one attached hydrogen (secondary N) is 1. The summed E-state index contributed by atoms with van der Waals surface area (Å²) in [5.74, 6) is 6.24. The molecule has 0 amide bonds. The van der Waals surface area contributed by atoms with Gasteiger partial charge in [-0.25, -0.2) is 5.43 Å². The Morgan fingerprint density at radius 1 is 1.56 bits per heavy atom. The summed E-state index contributed by atoms with van der Waals surface area (Å²) in [6, 6.07) is 5.69. The molecule has 0 bridgehead atoms. The standard InChI is InChI=1S/C11H15ClN2O2/c1-2-16-10-4-3-8(5-9(10)12)11(14-13)6-15-7-11/h3-5,14H,2,6-7,13H2,1H3. The highest BCUT2D eigenvalue weighted by molar-refractivity contribution is 6.32. The predicted octanol–water partition coefficient (Wildman–Crippen LogP) is 1.43. The fourth-order valence-electron chi connectivity index (χ4n) is 1.71. The molecule has 0 radical (unpaired) electrons. The molecule has 1 aromatic rings. The van der Waals surface area contributed by atoms with E-state index in [0.29, 0.717) is 30.6 Å². The zero-order valence-electron chi connectivity index (χ0n) is 9.13. The van der Waals surface area contributed by atoms with Gasteiger partial charge in [0.2, 0.25) is 0 Å². The van der Waals surface area contributed by atoms with Crippen molar-refractivity contribution in [3.05, 3.63) is 28.8 Å². The third-order valence-corrected chi connectivity index (χ3v) is 3.05. The van der Waals surface area contributed by atoms with E-state index in [2.05, 4.69) is 5.43 Å². The van der Waals surface area contributed by atoms with E-state index in [9.17, 15) is 0 Å². The summed E-state index contributed by atoms with van der Waals surface area (Å²) in [4.78, 5) is 0. The summed E-state index contributed by atoms with van der Waals surface area (Å²) in [7, 11) is 0. The number of hydrazine groups is 1. The molecule has 3 N–H and O–H groups in total. The Labute approximate surface area is 99.6 Å². The monoisotopic (exact) mass is 242 g/mol. The Morgan fingerprint density at radius 2 is 2.31 bits per heavy atom. The van der Waals surface area contributed by atoms with Crippen LogP contribution in [0.25, 0.3) is 0 Å². The van der Waals surface area contributed by atoms with E-state index in [4.69, 9.17) is 26.9 Å². The van der Waals surface area contributed by atoms with Crippen LogP contribution in [0.15, 0.2) is 18.2 Å². The Balaban J connectivity index is 2.26. The van der Waals surface area contributed by atoms with Crippen molar-refractivity contribution in [2.45, 2.75) is 12.5 Å². The Morgan fingerprint density at radius 3 is 2.75 bits per heavy atom. The van der Waals surface area contributed by atoms with Crippen LogP contribution in [0.4, 0.5) is 0 Å². The molecule has 0 aromatic heterocycles. The fraction of sp³-hybridized carbons (Fsp3) is 0.455. The lowest BCUT2D eigenvalue weighted by Crippen LogP contribution is -2.60. The van der Waals surface area contributed by atoms with Crippen molar-refractivity contribution >= 4 is 11.6 Å². The lowest BCUT2D eigenvalue weighted by Gasteiger charge is -2.41. The fourth-order valence-corrected chi connectivity index (χ4v) is 1.95. The molecule has 1 aliphatic rings. The van der Waals surface area contributed by atoms with Gasteiger partial charge in [-0.2, -0.15) is 0 Å². The SMILES string of the molecule is CCOc1ccc(C2(NN)COC2)cc1Cl. The number of rotatable bonds is 4. The zero-order chi connectivity index (χ0) is 11.6. The van der Waals surface area contributed by atoms with E-state index in [0.717, 1.165) is 5.56 Å². The van der Waals surface area contributed by atoms with E-state index in [1.807, 2.05) is 25.1 Å². The van der Waals surface area contributed by atoms with Crippen molar-refractivity contribution in [2.24, 2.45) is 5.84 Å². The second-order valence-corrected chi connectivity index (χ2v) is 4.20. The highest BCUT2D eigenvalue weighted by Gasteiger charge is 2.39. The van der Waals surface area contributed by atoms with E-state index >= 15 is 0 Å². The van der Waals surface area contributed by atoms with Crippen LogP contribution in [0.1, 0.15) is 12.5 Å². The van der Waals surface area contributed by atoms with Gasteiger partial charge in [-0.05, 0) is 24.6 Å². The summed E-state index contributed by atoms with van der Waals surface area (Å²) in [6.07, 6.45) is 0. The number of hydrogen-bond donors (Lipinski definition) is 2. The normalized spacial score (nSPS) is 17.9. The molecule has 1 fully saturated rings. The smallest absolute Gasteiger partial charge is 0.137 e. The van der Waals surface area contributed by atoms with Crippen LogP contribution in [-0.2, 0) is 10.3 Å². The van der Waals surface area contributed by atoms with Gasteiger partial charge in [0.1, 0.15) is 11.3 Å². The first-order valence-electron chi connectivity index (χ1n) is 5.20. The summed E-state index contributed by atoms with van der Waals surface area (Å²) in [6.45, 7) is 3.65. The largest absolute Gasteiger partial charge is 0.492 e. The van der Waals surface area contributed by atoms with Crippen molar-refractivity contribution in [3.63, 3.8) is 0 Å². The number of halogens is 1. The van der Waals surface area contributed by atoms with Gasteiger partial charge in [-0.1, -0.05) is 17.7 Å². The second kappa shape index (κ2) is 4.59. The molecular weight excluding hydrogens is 228 g/mol. The summed E-state index contributed by atoms with van der Waals surface area (Å²) < 4.78 is 10.6. The average Bonchev–Trinajstić information content (AvgIpc) is 2.21. The minimum absolute atomic E-state index is 0.297. The quantitative estimate of drug-likeness (QED) is 0.620. The molecule has 1 aromatic carbocycles. The van der Waals surface area contributed by atoms with Gasteiger partial charge >= 0.3 is 0 Å². The molecule has 0 unspecified atom stereocenters. The van der Waals surface area contributed by atoms with Crippen LogP contribution in [0.3, 0.4) is 0 Å². The highest BCUT2D eigenvalue weighted by Crippen LogP contribution is 2.34. The van der Waals surface area contributed by atoms with Gasteiger partial charge in [0.15, 0.2) is 0 Å². The van der Waals surface area contributed by atoms with Crippen LogP contribution < -0.4 is 16.0 Å². The molecule has 88 valence electrons. The molecule has 1 saturated heterocycles. The van der Waals surface area contributed by atoms with Crippen molar-refractivity contribution in [1.82, 2.24) is 5.43 Å². The number of hydrogen-bond acceptors (Lipinski definition) is 4. The van der Waals surface area contributed by atoms with Crippen LogP contribution in [0.2, 0.25) is 5.02 Å². The van der Waals surface area contributed by atoms with E-state index in [1.165, 1.54) is 0 Å². The molecule has 0 spiro atoms. The molecule has 0 aliphatic carbocycles. The lowest BCUT2D eigenvalue weighted by atomic mass is 9.89. The highest BCUT2D eigenvalue weighted by atomic mass is 35.5. The third-order valence-electron chi connectivity index (χ3n) is 2.76. The van der Waals surface area contributed by atoms with Gasteiger partial charge in [0, 0.05) is 0 Å². The molecule has 16 heavy (non-hydrogen) atoms. The first kappa shape index (κ1) is 11.7. The maximum Gasteiger partial charge on any atom is 0.137 e. The predicted molar refractivity (Wildman–Crippen MR) is 62.4 cm³/mol. The van der Waals surface area contributed by atoms with E-state index in [-0.39, 0.29) is 5.54 Å². The summed E-state index contributed by atoms with van der Waals surface area (Å²) in [5.41, 5.74) is 3.51. The minimum Gasteiger partial charge on any atom is -0.492 e. The number of nitrogens with two attached hydrogens (primary N) is 1. The third kappa shape index (κ3) is 1.89. The van der Waals surface area contributed by atoms with Crippen molar-refractivity contribution < 1.29 is 9.47 Å². The molecule has 0 atom stereocenters. The molecule has 4 nitrogen and oxygen atoms in total.